The van der Waals surface area contributed by atoms with Gasteiger partial charge in [0.2, 0.25) is 0 Å². The number of hydrogen-bond donors (Lipinski definition) is 1. The third kappa shape index (κ3) is 7.47. The van der Waals surface area contributed by atoms with Gasteiger partial charge in [-0.05, 0) is 12.8 Å². The molecule has 0 bridgehead atoms. The monoisotopic (exact) mass is 253 g/mol. The highest BCUT2D eigenvalue weighted by molar-refractivity contribution is 4.38. The highest BCUT2D eigenvalue weighted by Gasteiger charge is 2.17. The van der Waals surface area contributed by atoms with Gasteiger partial charge < -0.3 is 26.6 Å². The molecule has 0 rings (SSSR count). The second kappa shape index (κ2) is 8.97. The van der Waals surface area contributed by atoms with Crippen LogP contribution in [0.3, 0.4) is 0 Å². The van der Waals surface area contributed by atoms with Gasteiger partial charge in [0, 0.05) is 0 Å². The van der Waals surface area contributed by atoms with E-state index in [4.69, 9.17) is 0 Å². The van der Waals surface area contributed by atoms with Crippen LogP contribution >= 0.6 is 0 Å². The minimum Gasteiger partial charge on any atom is -1.00 e. The van der Waals surface area contributed by atoms with Crippen LogP contribution in [0.2, 0.25) is 0 Å². The lowest BCUT2D eigenvalue weighted by Gasteiger charge is -2.32. The average Bonchev–Trinajstić information content (AvgIpc) is 2.11. The Morgan fingerprint density at radius 2 is 1.38 bits per heavy atom. The summed E-state index contributed by atoms with van der Waals surface area (Å²) in [6, 6.07) is 0. The molecule has 0 amide bonds. The minimum atomic E-state index is 0. The van der Waals surface area contributed by atoms with Crippen molar-refractivity contribution in [2.45, 2.75) is 39.5 Å². The van der Waals surface area contributed by atoms with Gasteiger partial charge in [0.05, 0.1) is 20.1 Å². The number of unbranched alkanes of at least 4 members (excludes halogenated alkanes) is 2. The van der Waals surface area contributed by atoms with Gasteiger partial charge in [0.15, 0.2) is 6.73 Å². The molecule has 0 heterocycles. The molecule has 82 valence electrons. The first-order valence-corrected chi connectivity index (χ1v) is 5.13. The summed E-state index contributed by atoms with van der Waals surface area (Å²) >= 11 is 0. The lowest BCUT2D eigenvalue weighted by Crippen LogP contribution is -3.00. The van der Waals surface area contributed by atoms with Gasteiger partial charge in [0.1, 0.15) is 0 Å². The maximum Gasteiger partial charge on any atom is 0.180 e. The molecule has 0 aliphatic heterocycles. The van der Waals surface area contributed by atoms with Gasteiger partial charge in [-0.15, -0.1) is 0 Å². The molecule has 0 spiro atoms. The predicted molar refractivity (Wildman–Crippen MR) is 52.8 cm³/mol. The van der Waals surface area contributed by atoms with Crippen molar-refractivity contribution < 1.29 is 26.6 Å². The summed E-state index contributed by atoms with van der Waals surface area (Å²) in [7, 11) is 2.14. The Morgan fingerprint density at radius 3 is 1.62 bits per heavy atom. The Bertz CT molecular complexity index is 101. The van der Waals surface area contributed by atoms with Crippen LogP contribution in [0.5, 0.6) is 0 Å². The number of halogens is 1. The summed E-state index contributed by atoms with van der Waals surface area (Å²) < 4.78 is 0.835. The molecule has 3 heteroatoms. The van der Waals surface area contributed by atoms with Crippen molar-refractivity contribution in [3.8, 4) is 0 Å². The fourth-order valence-corrected chi connectivity index (χ4v) is 1.33. The first-order valence-electron chi connectivity index (χ1n) is 5.13. The molecule has 0 aliphatic carbocycles. The molecular weight excluding hydrogens is 230 g/mol. The maximum atomic E-state index is 9.21. The molecular formula is C10H24BrNO. The lowest BCUT2D eigenvalue weighted by atomic mass is 10.2. The molecule has 0 saturated heterocycles. The molecule has 13 heavy (non-hydrogen) atoms. The van der Waals surface area contributed by atoms with E-state index in [1.165, 1.54) is 25.7 Å². The van der Waals surface area contributed by atoms with Crippen LogP contribution in [0.25, 0.3) is 0 Å². The Hall–Kier alpha value is 0.400. The SMILES string of the molecule is CCCC[N+](C)(CO)CCCC.[Br-]. The second-order valence-electron chi connectivity index (χ2n) is 3.92. The van der Waals surface area contributed by atoms with E-state index in [2.05, 4.69) is 20.9 Å². The summed E-state index contributed by atoms with van der Waals surface area (Å²) in [6.45, 7) is 6.92. The Kier molecular flexibility index (Phi) is 10.9. The fourth-order valence-electron chi connectivity index (χ4n) is 1.33. The van der Waals surface area contributed by atoms with Crippen molar-refractivity contribution in [1.82, 2.24) is 0 Å². The standard InChI is InChI=1S/C10H24NO.BrH/c1-4-6-8-11(3,10-12)9-7-5-2;/h12H,4-10H2,1-3H3;1H/q+1;/p-1. The zero-order chi connectivity index (χ0) is 9.45. The fraction of sp³-hybridized carbons (Fsp3) is 1.00. The van der Waals surface area contributed by atoms with E-state index >= 15 is 0 Å². The summed E-state index contributed by atoms with van der Waals surface area (Å²) in [5.41, 5.74) is 0. The van der Waals surface area contributed by atoms with Gasteiger partial charge in [-0.2, -0.15) is 0 Å². The molecule has 0 fully saturated rings. The third-order valence-electron chi connectivity index (χ3n) is 2.44. The van der Waals surface area contributed by atoms with Crippen molar-refractivity contribution in [1.29, 1.82) is 0 Å². The van der Waals surface area contributed by atoms with E-state index in [-0.39, 0.29) is 17.0 Å². The maximum absolute atomic E-state index is 9.21. The minimum absolute atomic E-state index is 0. The van der Waals surface area contributed by atoms with E-state index in [1.54, 1.807) is 0 Å². The van der Waals surface area contributed by atoms with Crippen molar-refractivity contribution in [3.05, 3.63) is 0 Å². The molecule has 0 unspecified atom stereocenters. The molecule has 0 aromatic heterocycles. The number of rotatable bonds is 7. The van der Waals surface area contributed by atoms with E-state index < -0.39 is 0 Å². The number of hydrogen-bond acceptors (Lipinski definition) is 1. The quantitative estimate of drug-likeness (QED) is 0.456. The number of quaternary nitrogens is 1. The molecule has 0 aromatic rings. The van der Waals surface area contributed by atoms with Crippen LogP contribution in [-0.2, 0) is 0 Å². The smallest absolute Gasteiger partial charge is 0.180 e. The van der Waals surface area contributed by atoms with Crippen molar-refractivity contribution in [2.75, 3.05) is 26.9 Å². The summed E-state index contributed by atoms with van der Waals surface area (Å²) in [6.07, 6.45) is 4.89. The zero-order valence-electron chi connectivity index (χ0n) is 9.22. The zero-order valence-corrected chi connectivity index (χ0v) is 10.8. The predicted octanol–water partition coefficient (Wildman–Crippen LogP) is -1.01. The highest BCUT2D eigenvalue weighted by atomic mass is 79.9. The average molecular weight is 254 g/mol. The molecule has 0 saturated carbocycles. The topological polar surface area (TPSA) is 20.2 Å². The van der Waals surface area contributed by atoms with E-state index in [0.717, 1.165) is 17.6 Å². The highest BCUT2D eigenvalue weighted by Crippen LogP contribution is 2.06. The molecule has 0 radical (unpaired) electrons. The first kappa shape index (κ1) is 15.9. The molecule has 0 atom stereocenters. The van der Waals surface area contributed by atoms with Crippen LogP contribution in [0.15, 0.2) is 0 Å². The third-order valence-corrected chi connectivity index (χ3v) is 2.44. The van der Waals surface area contributed by atoms with Crippen LogP contribution in [-0.4, -0.2) is 36.5 Å². The van der Waals surface area contributed by atoms with Gasteiger partial charge >= 0.3 is 0 Å². The van der Waals surface area contributed by atoms with Gasteiger partial charge in [0.25, 0.3) is 0 Å². The van der Waals surface area contributed by atoms with Crippen LogP contribution < -0.4 is 17.0 Å². The molecule has 2 nitrogen and oxygen atoms in total. The first-order chi connectivity index (χ1) is 5.68. The molecule has 1 N–H and O–H groups in total. The molecule has 0 aliphatic rings. The second-order valence-corrected chi connectivity index (χ2v) is 3.92. The summed E-state index contributed by atoms with van der Waals surface area (Å²) in [5, 5.41) is 9.21. The van der Waals surface area contributed by atoms with Crippen molar-refractivity contribution in [2.24, 2.45) is 0 Å². The normalized spacial score (nSPS) is 11.1. The van der Waals surface area contributed by atoms with Gasteiger partial charge in [-0.1, -0.05) is 26.7 Å². The van der Waals surface area contributed by atoms with Crippen molar-refractivity contribution in [3.63, 3.8) is 0 Å². The number of nitrogens with zero attached hydrogens (tertiary/aromatic N) is 1. The summed E-state index contributed by atoms with van der Waals surface area (Å²) in [4.78, 5) is 0. The Morgan fingerprint density at radius 1 is 1.00 bits per heavy atom. The summed E-state index contributed by atoms with van der Waals surface area (Å²) in [5.74, 6) is 0. The largest absolute Gasteiger partial charge is 1.00 e. The van der Waals surface area contributed by atoms with E-state index in [9.17, 15) is 5.11 Å². The van der Waals surface area contributed by atoms with Crippen LogP contribution in [0.1, 0.15) is 39.5 Å². The Labute approximate surface area is 93.3 Å². The van der Waals surface area contributed by atoms with Crippen molar-refractivity contribution >= 4 is 0 Å². The van der Waals surface area contributed by atoms with E-state index in [1.807, 2.05) is 0 Å². The van der Waals surface area contributed by atoms with Crippen LogP contribution in [0.4, 0.5) is 0 Å². The number of aliphatic hydroxyl groups excluding tert-OH is 1. The molecule has 0 aromatic carbocycles. The lowest BCUT2D eigenvalue weighted by molar-refractivity contribution is -0.927. The van der Waals surface area contributed by atoms with Gasteiger partial charge in [-0.3, -0.25) is 0 Å². The van der Waals surface area contributed by atoms with Crippen LogP contribution in [0, 0.1) is 0 Å². The number of aliphatic hydroxyl groups is 1. The van der Waals surface area contributed by atoms with E-state index in [0.29, 0.717) is 6.73 Å². The van der Waals surface area contributed by atoms with Gasteiger partial charge in [-0.25, -0.2) is 0 Å². The Balaban J connectivity index is 0.